The van der Waals surface area contributed by atoms with E-state index < -0.39 is 4.92 Å². The molecule has 0 radical (unpaired) electrons. The van der Waals surface area contributed by atoms with Gasteiger partial charge in [0.15, 0.2) is 5.78 Å². The van der Waals surface area contributed by atoms with E-state index in [1.54, 1.807) is 12.1 Å². The Hall–Kier alpha value is -2.57. The van der Waals surface area contributed by atoms with Crippen LogP contribution in [0, 0.1) is 10.1 Å². The Balaban J connectivity index is 2.20. The lowest BCUT2D eigenvalue weighted by atomic mass is 10.2. The number of carbonyl (C=O) groups excluding carboxylic acids is 1. The first kappa shape index (κ1) is 11.9. The smallest absolute Gasteiger partial charge is 0.293 e. The van der Waals surface area contributed by atoms with E-state index in [0.29, 0.717) is 12.2 Å². The third-order valence-corrected chi connectivity index (χ3v) is 2.36. The first-order valence-corrected chi connectivity index (χ1v) is 5.19. The molecule has 0 saturated carbocycles. The van der Waals surface area contributed by atoms with Crippen LogP contribution in [0.1, 0.15) is 23.0 Å². The Morgan fingerprint density at radius 3 is 2.94 bits per heavy atom. The summed E-state index contributed by atoms with van der Waals surface area (Å²) in [6, 6.07) is 3.38. The molecule has 7 heteroatoms. The van der Waals surface area contributed by atoms with Gasteiger partial charge in [0, 0.05) is 13.1 Å². The van der Waals surface area contributed by atoms with Crippen LogP contribution >= 0.6 is 0 Å². The molecular formula is C11H10N4O3. The van der Waals surface area contributed by atoms with Gasteiger partial charge in [-0.3, -0.25) is 24.6 Å². The topological polar surface area (TPSA) is 90.9 Å². The van der Waals surface area contributed by atoms with Gasteiger partial charge in [0.05, 0.1) is 11.5 Å². The number of carbonyl (C=O) groups is 1. The Labute approximate surface area is 102 Å². The summed E-state index contributed by atoms with van der Waals surface area (Å²) in [6.45, 7) is 1.79. The fourth-order valence-electron chi connectivity index (χ4n) is 1.49. The van der Waals surface area contributed by atoms with E-state index >= 15 is 0 Å². The number of aromatic nitrogens is 3. The molecule has 0 unspecified atom stereocenters. The zero-order valence-corrected chi connectivity index (χ0v) is 9.61. The summed E-state index contributed by atoms with van der Waals surface area (Å²) >= 11 is 0. The Kier molecular flexibility index (Phi) is 3.13. The molecule has 92 valence electrons. The number of Topliss-reactive ketones (excluding diaryl/α,β-unsaturated/α-hetero) is 1. The van der Waals surface area contributed by atoms with Crippen molar-refractivity contribution >= 4 is 11.5 Å². The lowest BCUT2D eigenvalue weighted by Gasteiger charge is -2.02. The third-order valence-electron chi connectivity index (χ3n) is 2.36. The van der Waals surface area contributed by atoms with E-state index in [1.807, 2.05) is 0 Å². The molecule has 18 heavy (non-hydrogen) atoms. The van der Waals surface area contributed by atoms with Crippen LogP contribution in [0.3, 0.4) is 0 Å². The molecule has 0 spiro atoms. The van der Waals surface area contributed by atoms with Crippen LogP contribution in [0.25, 0.3) is 0 Å². The molecule has 2 aromatic heterocycles. The van der Waals surface area contributed by atoms with Gasteiger partial charge in [0.1, 0.15) is 18.1 Å². The molecule has 0 atom stereocenters. The zero-order valence-electron chi connectivity index (χ0n) is 9.61. The van der Waals surface area contributed by atoms with Gasteiger partial charge in [-0.1, -0.05) is 0 Å². The summed E-state index contributed by atoms with van der Waals surface area (Å²) in [4.78, 5) is 25.1. The predicted octanol–water partition coefficient (Wildman–Crippen LogP) is 1.44. The van der Waals surface area contributed by atoms with Crippen molar-refractivity contribution < 1.29 is 9.72 Å². The van der Waals surface area contributed by atoms with Gasteiger partial charge in [0.25, 0.3) is 0 Å². The lowest BCUT2D eigenvalue weighted by Crippen LogP contribution is -2.03. The molecule has 0 aliphatic heterocycles. The van der Waals surface area contributed by atoms with E-state index in [1.165, 1.54) is 30.2 Å². The van der Waals surface area contributed by atoms with E-state index in [2.05, 4.69) is 10.1 Å². The largest absolute Gasteiger partial charge is 0.307 e. The van der Waals surface area contributed by atoms with Crippen LogP contribution in [0.4, 0.5) is 5.69 Å². The van der Waals surface area contributed by atoms with E-state index in [4.69, 9.17) is 0 Å². The SMILES string of the molecule is CC(=O)c1cc(Cn2cc([N+](=O)[O-])cn2)ccn1. The van der Waals surface area contributed by atoms with Crippen molar-refractivity contribution in [3.05, 3.63) is 52.1 Å². The minimum Gasteiger partial charge on any atom is -0.293 e. The number of hydrogen-bond donors (Lipinski definition) is 0. The van der Waals surface area contributed by atoms with Crippen molar-refractivity contribution in [2.75, 3.05) is 0 Å². The quantitative estimate of drug-likeness (QED) is 0.462. The highest BCUT2D eigenvalue weighted by molar-refractivity contribution is 5.92. The van der Waals surface area contributed by atoms with Gasteiger partial charge in [-0.05, 0) is 17.7 Å². The van der Waals surface area contributed by atoms with E-state index in [0.717, 1.165) is 5.56 Å². The summed E-state index contributed by atoms with van der Waals surface area (Å²) in [7, 11) is 0. The van der Waals surface area contributed by atoms with Crippen molar-refractivity contribution in [1.82, 2.24) is 14.8 Å². The second-order valence-corrected chi connectivity index (χ2v) is 3.76. The Bertz CT molecular complexity index is 606. The fraction of sp³-hybridized carbons (Fsp3) is 0.182. The maximum absolute atomic E-state index is 11.2. The first-order chi connectivity index (χ1) is 8.56. The molecule has 2 aromatic rings. The third kappa shape index (κ3) is 2.57. The Morgan fingerprint density at radius 1 is 1.56 bits per heavy atom. The summed E-state index contributed by atoms with van der Waals surface area (Å²) in [5.41, 5.74) is 1.12. The minimum absolute atomic E-state index is 0.0594. The van der Waals surface area contributed by atoms with Crippen LogP contribution in [-0.4, -0.2) is 25.5 Å². The summed E-state index contributed by atoms with van der Waals surface area (Å²) in [6.07, 6.45) is 4.06. The molecule has 0 amide bonds. The molecule has 0 aliphatic rings. The van der Waals surface area contributed by atoms with Crippen LogP contribution in [-0.2, 0) is 6.54 Å². The monoisotopic (exact) mass is 246 g/mol. The molecule has 0 N–H and O–H groups in total. The van der Waals surface area contributed by atoms with Crippen LogP contribution in [0.15, 0.2) is 30.7 Å². The average molecular weight is 246 g/mol. The van der Waals surface area contributed by atoms with E-state index in [-0.39, 0.29) is 11.5 Å². The molecule has 0 saturated heterocycles. The van der Waals surface area contributed by atoms with Gasteiger partial charge in [-0.15, -0.1) is 0 Å². The molecule has 2 rings (SSSR count). The highest BCUT2D eigenvalue weighted by Gasteiger charge is 2.09. The van der Waals surface area contributed by atoms with Crippen molar-refractivity contribution in [3.8, 4) is 0 Å². The van der Waals surface area contributed by atoms with E-state index in [9.17, 15) is 14.9 Å². The molecule has 7 nitrogen and oxygen atoms in total. The van der Waals surface area contributed by atoms with Crippen molar-refractivity contribution in [3.63, 3.8) is 0 Å². The highest BCUT2D eigenvalue weighted by atomic mass is 16.6. The molecular weight excluding hydrogens is 236 g/mol. The number of hydrogen-bond acceptors (Lipinski definition) is 5. The standard InChI is InChI=1S/C11H10N4O3/c1-8(16)11-4-9(2-3-12-11)6-14-7-10(5-13-14)15(17)18/h2-5,7H,6H2,1H3. The summed E-state index contributed by atoms with van der Waals surface area (Å²) < 4.78 is 1.44. The first-order valence-electron chi connectivity index (χ1n) is 5.19. The average Bonchev–Trinajstić information content (AvgIpc) is 2.78. The molecule has 2 heterocycles. The molecule has 0 aliphatic carbocycles. The van der Waals surface area contributed by atoms with Gasteiger partial charge in [0.2, 0.25) is 0 Å². The molecule has 0 fully saturated rings. The minimum atomic E-state index is -0.503. The second kappa shape index (κ2) is 4.74. The van der Waals surface area contributed by atoms with Crippen molar-refractivity contribution in [2.45, 2.75) is 13.5 Å². The highest BCUT2D eigenvalue weighted by Crippen LogP contribution is 2.10. The van der Waals surface area contributed by atoms with Crippen molar-refractivity contribution in [1.29, 1.82) is 0 Å². The number of nitro groups is 1. The fourth-order valence-corrected chi connectivity index (χ4v) is 1.49. The van der Waals surface area contributed by atoms with Gasteiger partial charge in [-0.2, -0.15) is 5.10 Å². The lowest BCUT2D eigenvalue weighted by molar-refractivity contribution is -0.385. The van der Waals surface area contributed by atoms with Gasteiger partial charge < -0.3 is 0 Å². The second-order valence-electron chi connectivity index (χ2n) is 3.76. The Morgan fingerprint density at radius 2 is 2.33 bits per heavy atom. The van der Waals surface area contributed by atoms with Gasteiger partial charge in [-0.25, -0.2) is 0 Å². The maximum Gasteiger partial charge on any atom is 0.307 e. The zero-order chi connectivity index (χ0) is 13.1. The van der Waals surface area contributed by atoms with Crippen LogP contribution < -0.4 is 0 Å². The number of ketones is 1. The predicted molar refractivity (Wildman–Crippen MR) is 62.2 cm³/mol. The van der Waals surface area contributed by atoms with Crippen LogP contribution in [0.2, 0.25) is 0 Å². The van der Waals surface area contributed by atoms with Crippen LogP contribution in [0.5, 0.6) is 0 Å². The summed E-state index contributed by atoms with van der Waals surface area (Å²) in [5, 5.41) is 14.4. The number of nitrogens with zero attached hydrogens (tertiary/aromatic N) is 4. The maximum atomic E-state index is 11.2. The number of pyridine rings is 1. The molecule has 0 bridgehead atoms. The summed E-state index contributed by atoms with van der Waals surface area (Å²) in [5.74, 6) is -0.122. The molecule has 0 aromatic carbocycles. The normalized spacial score (nSPS) is 10.3. The van der Waals surface area contributed by atoms with Gasteiger partial charge >= 0.3 is 5.69 Å². The van der Waals surface area contributed by atoms with Crippen molar-refractivity contribution in [2.24, 2.45) is 0 Å². The number of rotatable bonds is 4.